The summed E-state index contributed by atoms with van der Waals surface area (Å²) in [7, 11) is 0. The molecule has 6 nitrogen and oxygen atoms in total. The maximum atomic E-state index is 11.9. The number of hydrogen-bond acceptors (Lipinski definition) is 4. The van der Waals surface area contributed by atoms with Gasteiger partial charge >= 0.3 is 11.8 Å². The molecule has 0 saturated heterocycles. The van der Waals surface area contributed by atoms with E-state index in [1.165, 1.54) is 0 Å². The van der Waals surface area contributed by atoms with E-state index in [0.717, 1.165) is 10.5 Å². The van der Waals surface area contributed by atoms with Crippen molar-refractivity contribution in [2.24, 2.45) is 5.73 Å². The number of amides is 3. The second kappa shape index (κ2) is 7.70. The van der Waals surface area contributed by atoms with Gasteiger partial charge in [0, 0.05) is 12.2 Å². The minimum Gasteiger partial charge on any atom is -0.330 e. The van der Waals surface area contributed by atoms with Crippen LogP contribution in [0.25, 0.3) is 0 Å². The third-order valence-electron chi connectivity index (χ3n) is 3.19. The SMILES string of the molecule is CC(C)(C)c1ccc(NC(=O)C(=O)N(C=O)CCCN)cc1. The third kappa shape index (κ3) is 4.96. The first kappa shape index (κ1) is 17.8. The molecule has 0 unspecified atom stereocenters. The second-order valence-electron chi connectivity index (χ2n) is 6.03. The van der Waals surface area contributed by atoms with E-state index in [1.54, 1.807) is 12.1 Å². The highest BCUT2D eigenvalue weighted by atomic mass is 16.2. The highest BCUT2D eigenvalue weighted by molar-refractivity contribution is 6.41. The summed E-state index contributed by atoms with van der Waals surface area (Å²) in [6.07, 6.45) is 0.804. The predicted octanol–water partition coefficient (Wildman–Crippen LogP) is 1.26. The van der Waals surface area contributed by atoms with Gasteiger partial charge in [-0.05, 0) is 36.1 Å². The molecule has 0 bridgehead atoms. The molecule has 0 atom stereocenters. The molecule has 6 heteroatoms. The Kier molecular flexibility index (Phi) is 6.24. The van der Waals surface area contributed by atoms with Crippen LogP contribution in [0.15, 0.2) is 24.3 Å². The van der Waals surface area contributed by atoms with Gasteiger partial charge in [0.2, 0.25) is 6.41 Å². The Balaban J connectivity index is 2.71. The van der Waals surface area contributed by atoms with E-state index < -0.39 is 11.8 Å². The molecule has 1 aromatic rings. The number of imide groups is 1. The number of hydrogen-bond donors (Lipinski definition) is 2. The molecule has 0 spiro atoms. The van der Waals surface area contributed by atoms with E-state index in [1.807, 2.05) is 12.1 Å². The zero-order chi connectivity index (χ0) is 16.8. The first-order valence-electron chi connectivity index (χ1n) is 7.17. The van der Waals surface area contributed by atoms with E-state index in [2.05, 4.69) is 26.1 Å². The lowest BCUT2D eigenvalue weighted by atomic mass is 9.87. The molecule has 0 heterocycles. The van der Waals surface area contributed by atoms with Gasteiger partial charge in [0.1, 0.15) is 0 Å². The van der Waals surface area contributed by atoms with Crippen LogP contribution in [0.5, 0.6) is 0 Å². The maximum absolute atomic E-state index is 11.9. The van der Waals surface area contributed by atoms with Crippen LogP contribution >= 0.6 is 0 Å². The summed E-state index contributed by atoms with van der Waals surface area (Å²) < 4.78 is 0. The van der Waals surface area contributed by atoms with Crippen LogP contribution in [0, 0.1) is 0 Å². The van der Waals surface area contributed by atoms with Gasteiger partial charge in [0.15, 0.2) is 0 Å². The predicted molar refractivity (Wildman–Crippen MR) is 85.2 cm³/mol. The van der Waals surface area contributed by atoms with Gasteiger partial charge in [-0.15, -0.1) is 0 Å². The van der Waals surface area contributed by atoms with Gasteiger partial charge in [0.05, 0.1) is 0 Å². The molecule has 22 heavy (non-hydrogen) atoms. The van der Waals surface area contributed by atoms with E-state index in [0.29, 0.717) is 25.1 Å². The average molecular weight is 305 g/mol. The van der Waals surface area contributed by atoms with Crippen LogP contribution in [0.1, 0.15) is 32.8 Å². The Morgan fingerprint density at radius 3 is 2.27 bits per heavy atom. The number of rotatable bonds is 5. The number of nitrogens with one attached hydrogen (secondary N) is 1. The van der Waals surface area contributed by atoms with Crippen molar-refractivity contribution in [3.05, 3.63) is 29.8 Å². The smallest absolute Gasteiger partial charge is 0.318 e. The molecule has 1 aromatic carbocycles. The highest BCUT2D eigenvalue weighted by Crippen LogP contribution is 2.23. The van der Waals surface area contributed by atoms with Gasteiger partial charge in [-0.1, -0.05) is 32.9 Å². The summed E-state index contributed by atoms with van der Waals surface area (Å²) in [4.78, 5) is 35.4. The Hall–Kier alpha value is -2.21. The molecule has 3 amide bonds. The Labute approximate surface area is 130 Å². The fourth-order valence-corrected chi connectivity index (χ4v) is 1.83. The van der Waals surface area contributed by atoms with Crippen LogP contribution in [-0.2, 0) is 19.8 Å². The number of benzene rings is 1. The van der Waals surface area contributed by atoms with E-state index in [-0.39, 0.29) is 12.0 Å². The summed E-state index contributed by atoms with van der Waals surface area (Å²) in [5, 5.41) is 2.49. The van der Waals surface area contributed by atoms with Crippen molar-refractivity contribution in [3.63, 3.8) is 0 Å². The van der Waals surface area contributed by atoms with Crippen LogP contribution in [0.2, 0.25) is 0 Å². The van der Waals surface area contributed by atoms with Gasteiger partial charge in [-0.25, -0.2) is 0 Å². The Morgan fingerprint density at radius 1 is 1.23 bits per heavy atom. The first-order valence-corrected chi connectivity index (χ1v) is 7.17. The van der Waals surface area contributed by atoms with Crippen molar-refractivity contribution < 1.29 is 14.4 Å². The van der Waals surface area contributed by atoms with Crippen molar-refractivity contribution in [2.45, 2.75) is 32.6 Å². The summed E-state index contributed by atoms with van der Waals surface area (Å²) in [6, 6.07) is 7.26. The number of nitrogens with two attached hydrogens (primary N) is 1. The van der Waals surface area contributed by atoms with Crippen LogP contribution in [-0.4, -0.2) is 36.2 Å². The van der Waals surface area contributed by atoms with Crippen molar-refractivity contribution in [1.82, 2.24) is 4.90 Å². The molecular weight excluding hydrogens is 282 g/mol. The van der Waals surface area contributed by atoms with E-state index in [4.69, 9.17) is 5.73 Å². The number of anilines is 1. The molecule has 0 aliphatic carbocycles. The Bertz CT molecular complexity index is 533. The lowest BCUT2D eigenvalue weighted by Gasteiger charge is -2.19. The number of carbonyl (C=O) groups is 3. The monoisotopic (exact) mass is 305 g/mol. The molecule has 0 aliphatic heterocycles. The lowest BCUT2D eigenvalue weighted by molar-refractivity contribution is -0.146. The van der Waals surface area contributed by atoms with Gasteiger partial charge < -0.3 is 11.1 Å². The summed E-state index contributed by atoms with van der Waals surface area (Å²) in [6.45, 7) is 6.74. The Morgan fingerprint density at radius 2 is 1.82 bits per heavy atom. The lowest BCUT2D eigenvalue weighted by Crippen LogP contribution is -2.39. The fourth-order valence-electron chi connectivity index (χ4n) is 1.83. The molecule has 3 N–H and O–H groups in total. The van der Waals surface area contributed by atoms with Crippen molar-refractivity contribution in [1.29, 1.82) is 0 Å². The molecule has 0 aliphatic rings. The highest BCUT2D eigenvalue weighted by Gasteiger charge is 2.21. The number of nitrogens with zero attached hydrogens (tertiary/aromatic N) is 1. The van der Waals surface area contributed by atoms with Crippen molar-refractivity contribution in [2.75, 3.05) is 18.4 Å². The molecule has 0 saturated carbocycles. The average Bonchev–Trinajstić information content (AvgIpc) is 2.47. The second-order valence-corrected chi connectivity index (χ2v) is 6.03. The quantitative estimate of drug-likeness (QED) is 0.632. The molecule has 0 radical (unpaired) electrons. The van der Waals surface area contributed by atoms with E-state index in [9.17, 15) is 14.4 Å². The van der Waals surface area contributed by atoms with Crippen molar-refractivity contribution >= 4 is 23.9 Å². The van der Waals surface area contributed by atoms with Crippen LogP contribution in [0.4, 0.5) is 5.69 Å². The normalized spacial score (nSPS) is 10.9. The zero-order valence-electron chi connectivity index (χ0n) is 13.3. The standard InChI is InChI=1S/C16H23N3O3/c1-16(2,3)12-5-7-13(8-6-12)18-14(21)15(22)19(11-20)10-4-9-17/h5-8,11H,4,9-10,17H2,1-3H3,(H,18,21). The molecule has 0 fully saturated rings. The van der Waals surface area contributed by atoms with Crippen LogP contribution < -0.4 is 11.1 Å². The summed E-state index contributed by atoms with van der Waals surface area (Å²) in [5.41, 5.74) is 6.96. The minimum absolute atomic E-state index is 0.00883. The van der Waals surface area contributed by atoms with E-state index >= 15 is 0 Å². The zero-order valence-corrected chi connectivity index (χ0v) is 13.3. The summed E-state index contributed by atoms with van der Waals surface area (Å²) in [5.74, 6) is -1.73. The summed E-state index contributed by atoms with van der Waals surface area (Å²) >= 11 is 0. The first-order chi connectivity index (χ1) is 10.3. The maximum Gasteiger partial charge on any atom is 0.318 e. The molecule has 0 aromatic heterocycles. The van der Waals surface area contributed by atoms with Crippen molar-refractivity contribution in [3.8, 4) is 0 Å². The van der Waals surface area contributed by atoms with Gasteiger partial charge in [-0.2, -0.15) is 0 Å². The molecule has 1 rings (SSSR count). The molecular formula is C16H23N3O3. The third-order valence-corrected chi connectivity index (χ3v) is 3.19. The fraction of sp³-hybridized carbons (Fsp3) is 0.438. The van der Waals surface area contributed by atoms with Gasteiger partial charge in [-0.3, -0.25) is 19.3 Å². The molecule has 120 valence electrons. The number of carbonyl (C=O) groups excluding carboxylic acids is 3. The topological polar surface area (TPSA) is 92.5 Å². The van der Waals surface area contributed by atoms with Crippen LogP contribution in [0.3, 0.4) is 0 Å². The minimum atomic E-state index is -0.886. The van der Waals surface area contributed by atoms with Gasteiger partial charge in [0.25, 0.3) is 0 Å². The largest absolute Gasteiger partial charge is 0.330 e.